The van der Waals surface area contributed by atoms with Gasteiger partial charge in [0.15, 0.2) is 0 Å². The molecule has 5 nitrogen and oxygen atoms in total. The molecule has 0 atom stereocenters. The zero-order chi connectivity index (χ0) is 14.8. The van der Waals surface area contributed by atoms with Gasteiger partial charge in [0.25, 0.3) is 10.0 Å². The second-order valence-corrected chi connectivity index (χ2v) is 6.23. The van der Waals surface area contributed by atoms with Crippen LogP contribution in [0.25, 0.3) is 0 Å². The summed E-state index contributed by atoms with van der Waals surface area (Å²) in [5.41, 5.74) is 8.16. The molecule has 0 aliphatic carbocycles. The van der Waals surface area contributed by atoms with Gasteiger partial charge in [0.1, 0.15) is 0 Å². The van der Waals surface area contributed by atoms with E-state index in [2.05, 4.69) is 9.71 Å². The van der Waals surface area contributed by atoms with Crippen molar-refractivity contribution in [2.45, 2.75) is 25.2 Å². The number of benzene rings is 1. The average molecular weight is 291 g/mol. The zero-order valence-corrected chi connectivity index (χ0v) is 12.2. The first-order valence-electron chi connectivity index (χ1n) is 6.25. The van der Waals surface area contributed by atoms with E-state index >= 15 is 0 Å². The fourth-order valence-electron chi connectivity index (χ4n) is 1.93. The largest absolute Gasteiger partial charge is 0.399 e. The predicted molar refractivity (Wildman–Crippen MR) is 80.0 cm³/mol. The van der Waals surface area contributed by atoms with Gasteiger partial charge in [0.2, 0.25) is 0 Å². The van der Waals surface area contributed by atoms with Gasteiger partial charge in [0, 0.05) is 11.9 Å². The number of hydrogen-bond donors (Lipinski definition) is 2. The molecule has 20 heavy (non-hydrogen) atoms. The van der Waals surface area contributed by atoms with Crippen molar-refractivity contribution in [2.24, 2.45) is 0 Å². The third kappa shape index (κ3) is 3.08. The molecule has 1 aromatic carbocycles. The molecular formula is C14H17N3O2S. The number of hydrogen-bond acceptors (Lipinski definition) is 4. The molecular weight excluding hydrogens is 274 g/mol. The Bertz CT molecular complexity index is 727. The molecule has 1 aromatic heterocycles. The van der Waals surface area contributed by atoms with Gasteiger partial charge >= 0.3 is 0 Å². The lowest BCUT2D eigenvalue weighted by molar-refractivity contribution is 0.600. The summed E-state index contributed by atoms with van der Waals surface area (Å²) in [6, 6.07) is 6.64. The number of aryl methyl sites for hydroxylation is 2. The summed E-state index contributed by atoms with van der Waals surface area (Å²) in [4.78, 5) is 4.18. The number of nitrogens with two attached hydrogens (primary N) is 1. The molecule has 0 radical (unpaired) electrons. The lowest BCUT2D eigenvalue weighted by Crippen LogP contribution is -2.15. The highest BCUT2D eigenvalue weighted by atomic mass is 32.2. The monoisotopic (exact) mass is 291 g/mol. The molecule has 0 saturated heterocycles. The molecule has 6 heteroatoms. The quantitative estimate of drug-likeness (QED) is 0.847. The highest BCUT2D eigenvalue weighted by Crippen LogP contribution is 2.22. The molecule has 0 bridgehead atoms. The van der Waals surface area contributed by atoms with Gasteiger partial charge in [-0.3, -0.25) is 9.71 Å². The van der Waals surface area contributed by atoms with Crippen LogP contribution in [-0.4, -0.2) is 13.4 Å². The van der Waals surface area contributed by atoms with E-state index in [4.69, 9.17) is 5.73 Å². The third-order valence-electron chi connectivity index (χ3n) is 2.89. The number of nitrogens with one attached hydrogen (secondary N) is 1. The van der Waals surface area contributed by atoms with E-state index in [0.29, 0.717) is 17.8 Å². The summed E-state index contributed by atoms with van der Waals surface area (Å²) in [5.74, 6) is 0. The fraction of sp³-hybridized carbons (Fsp3) is 0.214. The minimum absolute atomic E-state index is 0.210. The van der Waals surface area contributed by atoms with Crippen molar-refractivity contribution in [2.75, 3.05) is 10.5 Å². The van der Waals surface area contributed by atoms with E-state index in [9.17, 15) is 8.42 Å². The van der Waals surface area contributed by atoms with Crippen molar-refractivity contribution < 1.29 is 8.42 Å². The average Bonchev–Trinajstić information content (AvgIpc) is 2.38. The second kappa shape index (κ2) is 5.50. The molecule has 106 valence electrons. The molecule has 2 rings (SSSR count). The van der Waals surface area contributed by atoms with E-state index in [0.717, 1.165) is 11.1 Å². The molecule has 0 fully saturated rings. The number of rotatable bonds is 4. The van der Waals surface area contributed by atoms with Crippen LogP contribution >= 0.6 is 0 Å². The first kappa shape index (κ1) is 14.3. The van der Waals surface area contributed by atoms with Gasteiger partial charge in [-0.05, 0) is 42.7 Å². The van der Waals surface area contributed by atoms with Crippen molar-refractivity contribution >= 4 is 21.4 Å². The van der Waals surface area contributed by atoms with E-state index < -0.39 is 10.0 Å². The van der Waals surface area contributed by atoms with Crippen molar-refractivity contribution in [1.29, 1.82) is 0 Å². The van der Waals surface area contributed by atoms with Crippen LogP contribution in [0.3, 0.4) is 0 Å². The molecule has 0 unspecified atom stereocenters. The molecule has 0 spiro atoms. The maximum absolute atomic E-state index is 12.5. The predicted octanol–water partition coefficient (Wildman–Crippen LogP) is 2.34. The molecule has 0 saturated carbocycles. The number of nitrogens with zero attached hydrogens (tertiary/aromatic N) is 1. The Morgan fingerprint density at radius 1 is 1.25 bits per heavy atom. The normalized spacial score (nSPS) is 11.3. The van der Waals surface area contributed by atoms with E-state index in [-0.39, 0.29) is 4.90 Å². The Morgan fingerprint density at radius 3 is 2.65 bits per heavy atom. The first-order chi connectivity index (χ1) is 9.42. The highest BCUT2D eigenvalue weighted by molar-refractivity contribution is 7.92. The van der Waals surface area contributed by atoms with E-state index in [1.807, 2.05) is 13.8 Å². The Hall–Kier alpha value is -2.08. The zero-order valence-electron chi connectivity index (χ0n) is 11.4. The van der Waals surface area contributed by atoms with Crippen LogP contribution in [0.4, 0.5) is 11.4 Å². The fourth-order valence-corrected chi connectivity index (χ4v) is 3.31. The maximum Gasteiger partial charge on any atom is 0.262 e. The number of anilines is 2. The number of nitrogen functional groups attached to an aromatic ring is 1. The van der Waals surface area contributed by atoms with Gasteiger partial charge in [-0.25, -0.2) is 8.42 Å². The smallest absolute Gasteiger partial charge is 0.262 e. The third-order valence-corrected chi connectivity index (χ3v) is 4.35. The maximum atomic E-state index is 12.5. The Kier molecular flexibility index (Phi) is 3.94. The van der Waals surface area contributed by atoms with Crippen molar-refractivity contribution in [3.63, 3.8) is 0 Å². The molecule has 0 amide bonds. The summed E-state index contributed by atoms with van der Waals surface area (Å²) in [5, 5.41) is 0. The number of pyridine rings is 1. The summed E-state index contributed by atoms with van der Waals surface area (Å²) >= 11 is 0. The van der Waals surface area contributed by atoms with Crippen molar-refractivity contribution in [1.82, 2.24) is 4.98 Å². The van der Waals surface area contributed by atoms with Gasteiger partial charge in [-0.15, -0.1) is 0 Å². The van der Waals surface area contributed by atoms with Crippen molar-refractivity contribution in [3.05, 3.63) is 47.8 Å². The summed E-state index contributed by atoms with van der Waals surface area (Å²) in [6.07, 6.45) is 3.75. The van der Waals surface area contributed by atoms with Crippen LogP contribution in [0.2, 0.25) is 0 Å². The molecule has 0 aliphatic heterocycles. The Morgan fingerprint density at radius 2 is 2.00 bits per heavy atom. The van der Waals surface area contributed by atoms with Gasteiger partial charge in [-0.2, -0.15) is 0 Å². The topological polar surface area (TPSA) is 85.1 Å². The van der Waals surface area contributed by atoms with Crippen LogP contribution in [0.15, 0.2) is 41.6 Å². The standard InChI is InChI=1S/C14H17N3O2S/c1-3-11-4-5-12(15)7-14(11)20(18,19)17-13-6-10(2)8-16-9-13/h4-9,17H,3,15H2,1-2H3. The molecule has 0 aliphatic rings. The Balaban J connectivity index is 2.43. The SMILES string of the molecule is CCc1ccc(N)cc1S(=O)(=O)Nc1cncc(C)c1. The van der Waals surface area contributed by atoms with Gasteiger partial charge in [-0.1, -0.05) is 13.0 Å². The number of aromatic nitrogens is 1. The Labute approximate surface area is 118 Å². The van der Waals surface area contributed by atoms with Crippen LogP contribution in [0.1, 0.15) is 18.1 Å². The second-order valence-electron chi connectivity index (χ2n) is 4.58. The van der Waals surface area contributed by atoms with Crippen LogP contribution in [-0.2, 0) is 16.4 Å². The lowest BCUT2D eigenvalue weighted by Gasteiger charge is -2.12. The minimum Gasteiger partial charge on any atom is -0.399 e. The number of sulfonamides is 1. The van der Waals surface area contributed by atoms with E-state index in [1.54, 1.807) is 24.4 Å². The lowest BCUT2D eigenvalue weighted by atomic mass is 10.1. The van der Waals surface area contributed by atoms with Crippen LogP contribution < -0.4 is 10.5 Å². The van der Waals surface area contributed by atoms with Gasteiger partial charge < -0.3 is 5.73 Å². The van der Waals surface area contributed by atoms with E-state index in [1.165, 1.54) is 12.3 Å². The molecule has 3 N–H and O–H groups in total. The summed E-state index contributed by atoms with van der Waals surface area (Å²) < 4.78 is 27.4. The van der Waals surface area contributed by atoms with Crippen LogP contribution in [0.5, 0.6) is 0 Å². The highest BCUT2D eigenvalue weighted by Gasteiger charge is 2.18. The molecule has 1 heterocycles. The molecule has 2 aromatic rings. The summed E-state index contributed by atoms with van der Waals surface area (Å²) in [7, 11) is -3.67. The van der Waals surface area contributed by atoms with Crippen LogP contribution in [0, 0.1) is 6.92 Å². The summed E-state index contributed by atoms with van der Waals surface area (Å²) in [6.45, 7) is 3.75. The first-order valence-corrected chi connectivity index (χ1v) is 7.73. The minimum atomic E-state index is -3.67. The van der Waals surface area contributed by atoms with Gasteiger partial charge in [0.05, 0.1) is 16.8 Å². The van der Waals surface area contributed by atoms with Crippen molar-refractivity contribution in [3.8, 4) is 0 Å².